The molecular weight excluding hydrogens is 198 g/mol. The lowest BCUT2D eigenvalue weighted by Crippen LogP contribution is -2.31. The van der Waals surface area contributed by atoms with Gasteiger partial charge in [-0.15, -0.1) is 4.68 Å². The molecule has 3 heteroatoms. The molecule has 0 N–H and O–H groups in total. The van der Waals surface area contributed by atoms with Crippen LogP contribution in [0.4, 0.5) is 0 Å². The zero-order valence-corrected chi connectivity index (χ0v) is 9.71. The molecule has 1 heterocycles. The molecule has 84 valence electrons. The van der Waals surface area contributed by atoms with E-state index < -0.39 is 0 Å². The van der Waals surface area contributed by atoms with Crippen LogP contribution in [0.15, 0.2) is 43.0 Å². The molecule has 0 aliphatic rings. The fraction of sp³-hybridized carbons (Fsp3) is 0.385. The predicted octanol–water partition coefficient (Wildman–Crippen LogP) is 2.02. The van der Waals surface area contributed by atoms with E-state index in [-0.39, 0.29) is 0 Å². The summed E-state index contributed by atoms with van der Waals surface area (Å²) in [4.78, 5) is 0. The summed E-state index contributed by atoms with van der Waals surface area (Å²) in [5.74, 6) is 0. The van der Waals surface area contributed by atoms with Gasteiger partial charge in [0, 0.05) is 5.10 Å². The minimum atomic E-state index is 0.896. The number of unbranched alkanes of at least 4 members (excludes halogenated alkanes) is 1. The fourth-order valence-electron chi connectivity index (χ4n) is 1.67. The maximum Gasteiger partial charge on any atom is 0.265 e. The maximum atomic E-state index is 4.33. The Labute approximate surface area is 96.4 Å². The van der Waals surface area contributed by atoms with Crippen LogP contribution in [0.5, 0.6) is 0 Å². The van der Waals surface area contributed by atoms with Crippen molar-refractivity contribution in [2.24, 2.45) is 0 Å². The second kappa shape index (κ2) is 5.45. The van der Waals surface area contributed by atoms with Gasteiger partial charge in [-0.1, -0.05) is 43.7 Å². The van der Waals surface area contributed by atoms with Gasteiger partial charge in [0.15, 0.2) is 0 Å². The summed E-state index contributed by atoms with van der Waals surface area (Å²) < 4.78 is 4.12. The molecule has 0 atom stereocenters. The first-order chi connectivity index (χ1) is 7.88. The molecule has 0 aliphatic carbocycles. The van der Waals surface area contributed by atoms with E-state index in [2.05, 4.69) is 47.2 Å². The van der Waals surface area contributed by atoms with Crippen molar-refractivity contribution in [2.75, 3.05) is 0 Å². The number of aryl methyl sites for hydroxylation is 1. The van der Waals surface area contributed by atoms with Crippen LogP contribution in [0.2, 0.25) is 0 Å². The lowest BCUT2D eigenvalue weighted by atomic mass is 10.2. The van der Waals surface area contributed by atoms with E-state index in [4.69, 9.17) is 0 Å². The van der Waals surface area contributed by atoms with Crippen LogP contribution in [-0.4, -0.2) is 9.78 Å². The molecule has 16 heavy (non-hydrogen) atoms. The first-order valence-electron chi connectivity index (χ1n) is 5.84. The predicted molar refractivity (Wildman–Crippen MR) is 62.9 cm³/mol. The molecule has 0 radical (unpaired) electrons. The van der Waals surface area contributed by atoms with E-state index >= 15 is 0 Å². The van der Waals surface area contributed by atoms with E-state index in [0.29, 0.717) is 0 Å². The average Bonchev–Trinajstić information content (AvgIpc) is 2.75. The minimum absolute atomic E-state index is 0.896. The molecule has 0 saturated carbocycles. The van der Waals surface area contributed by atoms with E-state index in [1.165, 1.54) is 18.4 Å². The van der Waals surface area contributed by atoms with Gasteiger partial charge in [0.2, 0.25) is 6.33 Å². The van der Waals surface area contributed by atoms with E-state index in [0.717, 1.165) is 13.1 Å². The van der Waals surface area contributed by atoms with Crippen molar-refractivity contribution >= 4 is 0 Å². The molecule has 2 aromatic rings. The number of hydrogen-bond acceptors (Lipinski definition) is 1. The van der Waals surface area contributed by atoms with Gasteiger partial charge in [0.25, 0.3) is 6.33 Å². The Kier molecular flexibility index (Phi) is 3.70. The van der Waals surface area contributed by atoms with Gasteiger partial charge < -0.3 is 0 Å². The highest BCUT2D eigenvalue weighted by Gasteiger charge is 2.05. The van der Waals surface area contributed by atoms with E-state index in [1.807, 2.05) is 17.1 Å². The summed E-state index contributed by atoms with van der Waals surface area (Å²) in [6.45, 7) is 4.10. The fourth-order valence-corrected chi connectivity index (χ4v) is 1.67. The van der Waals surface area contributed by atoms with Gasteiger partial charge in [0.05, 0.1) is 6.54 Å². The Morgan fingerprint density at radius 2 is 2.06 bits per heavy atom. The van der Waals surface area contributed by atoms with Crippen LogP contribution >= 0.6 is 0 Å². The maximum absolute atomic E-state index is 4.33. The molecule has 0 amide bonds. The Hall–Kier alpha value is -1.64. The van der Waals surface area contributed by atoms with Crippen LogP contribution in [-0.2, 0) is 13.1 Å². The molecule has 1 aromatic carbocycles. The summed E-state index contributed by atoms with van der Waals surface area (Å²) in [7, 11) is 0. The average molecular weight is 216 g/mol. The Bertz CT molecular complexity index is 420. The molecular formula is C13H18N3+. The molecule has 1 aromatic heterocycles. The first-order valence-corrected chi connectivity index (χ1v) is 5.84. The number of hydrogen-bond donors (Lipinski definition) is 0. The van der Waals surface area contributed by atoms with Crippen molar-refractivity contribution in [3.63, 3.8) is 0 Å². The molecule has 0 aliphatic heterocycles. The Morgan fingerprint density at radius 1 is 1.25 bits per heavy atom. The highest BCUT2D eigenvalue weighted by molar-refractivity contribution is 5.13. The van der Waals surface area contributed by atoms with Crippen molar-refractivity contribution in [3.05, 3.63) is 48.5 Å². The van der Waals surface area contributed by atoms with Gasteiger partial charge in [-0.2, -0.15) is 0 Å². The van der Waals surface area contributed by atoms with Crippen molar-refractivity contribution in [3.8, 4) is 0 Å². The second-order valence-corrected chi connectivity index (χ2v) is 4.02. The lowest BCUT2D eigenvalue weighted by Gasteiger charge is -1.96. The zero-order chi connectivity index (χ0) is 11.2. The number of aromatic nitrogens is 3. The SMILES string of the molecule is CCCCn1c[n+](Cc2ccccc2)cn1. The minimum Gasteiger partial charge on any atom is -0.233 e. The third kappa shape index (κ3) is 2.92. The van der Waals surface area contributed by atoms with Crippen molar-refractivity contribution in [2.45, 2.75) is 32.9 Å². The quantitative estimate of drug-likeness (QED) is 0.701. The molecule has 0 spiro atoms. The van der Waals surface area contributed by atoms with Gasteiger partial charge >= 0.3 is 0 Å². The van der Waals surface area contributed by atoms with Gasteiger partial charge in [-0.25, -0.2) is 4.57 Å². The van der Waals surface area contributed by atoms with Crippen LogP contribution < -0.4 is 4.57 Å². The highest BCUT2D eigenvalue weighted by Crippen LogP contribution is 1.97. The van der Waals surface area contributed by atoms with Crippen LogP contribution in [0.1, 0.15) is 25.3 Å². The van der Waals surface area contributed by atoms with E-state index in [9.17, 15) is 0 Å². The largest absolute Gasteiger partial charge is 0.265 e. The molecule has 3 nitrogen and oxygen atoms in total. The van der Waals surface area contributed by atoms with Gasteiger partial charge in [-0.05, 0) is 12.0 Å². The third-order valence-corrected chi connectivity index (χ3v) is 2.58. The highest BCUT2D eigenvalue weighted by atomic mass is 15.3. The Morgan fingerprint density at radius 3 is 2.81 bits per heavy atom. The van der Waals surface area contributed by atoms with Crippen molar-refractivity contribution in [1.82, 2.24) is 9.78 Å². The zero-order valence-electron chi connectivity index (χ0n) is 9.71. The molecule has 0 fully saturated rings. The van der Waals surface area contributed by atoms with Crippen LogP contribution in [0.3, 0.4) is 0 Å². The lowest BCUT2D eigenvalue weighted by molar-refractivity contribution is -0.689. The number of benzene rings is 1. The van der Waals surface area contributed by atoms with Gasteiger partial charge in [-0.3, -0.25) is 0 Å². The van der Waals surface area contributed by atoms with Crippen LogP contribution in [0, 0.1) is 0 Å². The second-order valence-electron chi connectivity index (χ2n) is 4.02. The van der Waals surface area contributed by atoms with E-state index in [1.54, 1.807) is 0 Å². The van der Waals surface area contributed by atoms with Gasteiger partial charge in [0.1, 0.15) is 6.54 Å². The number of nitrogens with zero attached hydrogens (tertiary/aromatic N) is 3. The van der Waals surface area contributed by atoms with Crippen molar-refractivity contribution in [1.29, 1.82) is 0 Å². The summed E-state index contributed by atoms with van der Waals surface area (Å²) in [6, 6.07) is 10.4. The summed E-state index contributed by atoms with van der Waals surface area (Å²) >= 11 is 0. The van der Waals surface area contributed by atoms with Crippen LogP contribution in [0.25, 0.3) is 0 Å². The smallest absolute Gasteiger partial charge is 0.233 e. The molecule has 0 saturated heterocycles. The summed E-state index contributed by atoms with van der Waals surface area (Å²) in [6.07, 6.45) is 6.36. The summed E-state index contributed by atoms with van der Waals surface area (Å²) in [5.41, 5.74) is 1.31. The topological polar surface area (TPSA) is 21.7 Å². The third-order valence-electron chi connectivity index (χ3n) is 2.58. The number of rotatable bonds is 5. The summed E-state index contributed by atoms with van der Waals surface area (Å²) in [5, 5.41) is 4.33. The first kappa shape index (κ1) is 10.9. The molecule has 2 rings (SSSR count). The normalized spacial score (nSPS) is 10.6. The molecule has 0 unspecified atom stereocenters. The monoisotopic (exact) mass is 216 g/mol. The van der Waals surface area contributed by atoms with Crippen molar-refractivity contribution < 1.29 is 4.57 Å². The molecule has 0 bridgehead atoms. The Balaban J connectivity index is 1.97. The standard InChI is InChI=1S/C13H18N3/c1-2-3-9-16-12-15(11-14-16)10-13-7-5-4-6-8-13/h4-8,11-12H,2-3,9-10H2,1H3/q+1.